The topological polar surface area (TPSA) is 35.6 Å². The Morgan fingerprint density at radius 2 is 1.60 bits per heavy atom. The van der Waals surface area contributed by atoms with Crippen molar-refractivity contribution in [2.24, 2.45) is 11.8 Å². The Morgan fingerprint density at radius 3 is 2.05 bits per heavy atom. The quantitative estimate of drug-likeness (QED) is 0.780. The highest BCUT2D eigenvalue weighted by Crippen LogP contribution is 2.06. The van der Waals surface area contributed by atoms with E-state index in [1.807, 2.05) is 4.90 Å². The highest BCUT2D eigenvalue weighted by molar-refractivity contribution is 5.85. The summed E-state index contributed by atoms with van der Waals surface area (Å²) in [6.45, 7) is 15.7. The predicted octanol–water partition coefficient (Wildman–Crippen LogP) is 1.84. The van der Waals surface area contributed by atoms with E-state index in [4.69, 9.17) is 0 Å². The molecule has 1 aliphatic rings. The van der Waals surface area contributed by atoms with Crippen molar-refractivity contribution >= 4 is 18.3 Å². The summed E-state index contributed by atoms with van der Waals surface area (Å²) >= 11 is 0. The van der Waals surface area contributed by atoms with Crippen molar-refractivity contribution in [1.29, 1.82) is 0 Å². The maximum absolute atomic E-state index is 12.1. The molecule has 4 nitrogen and oxygen atoms in total. The zero-order chi connectivity index (χ0) is 14.3. The minimum atomic E-state index is 0. The van der Waals surface area contributed by atoms with Crippen molar-refractivity contribution in [3.05, 3.63) is 0 Å². The number of hydrogen-bond donors (Lipinski definition) is 1. The minimum absolute atomic E-state index is 0. The molecule has 1 N–H and O–H groups in total. The molecule has 1 fully saturated rings. The van der Waals surface area contributed by atoms with Gasteiger partial charge >= 0.3 is 0 Å². The molecular weight excluding hydrogens is 274 g/mol. The normalized spacial score (nSPS) is 15.8. The first kappa shape index (κ1) is 19.7. The zero-order valence-electron chi connectivity index (χ0n) is 13.5. The van der Waals surface area contributed by atoms with E-state index in [0.717, 1.165) is 45.8 Å². The molecule has 1 amide bonds. The Labute approximate surface area is 130 Å². The number of carbonyl (C=O) groups excluding carboxylic acids is 1. The summed E-state index contributed by atoms with van der Waals surface area (Å²) in [5.74, 6) is 1.64. The van der Waals surface area contributed by atoms with Crippen LogP contribution in [-0.2, 0) is 4.79 Å². The Hall–Kier alpha value is -0.320. The molecule has 0 aromatic heterocycles. The lowest BCUT2D eigenvalue weighted by atomic mass is 10.1. The smallest absolute Gasteiger partial charge is 0.223 e. The molecule has 0 unspecified atom stereocenters. The number of hydrogen-bond acceptors (Lipinski definition) is 3. The van der Waals surface area contributed by atoms with Crippen LogP contribution in [-0.4, -0.2) is 61.5 Å². The van der Waals surface area contributed by atoms with Crippen LogP contribution in [0.5, 0.6) is 0 Å². The monoisotopic (exact) mass is 305 g/mol. The van der Waals surface area contributed by atoms with Crippen molar-refractivity contribution in [2.45, 2.75) is 34.1 Å². The number of piperazine rings is 1. The first-order chi connectivity index (χ1) is 8.99. The number of halogens is 1. The van der Waals surface area contributed by atoms with Crippen LogP contribution in [0, 0.1) is 11.8 Å². The number of nitrogens with one attached hydrogen (secondary N) is 1. The first-order valence-corrected chi connectivity index (χ1v) is 7.70. The van der Waals surface area contributed by atoms with Crippen molar-refractivity contribution < 1.29 is 4.79 Å². The molecule has 1 heterocycles. The van der Waals surface area contributed by atoms with Gasteiger partial charge in [-0.2, -0.15) is 0 Å². The van der Waals surface area contributed by atoms with Crippen LogP contribution in [0.2, 0.25) is 0 Å². The van der Waals surface area contributed by atoms with Gasteiger partial charge in [0.2, 0.25) is 5.91 Å². The molecule has 0 bridgehead atoms. The third-order valence-corrected chi connectivity index (χ3v) is 3.36. The number of nitrogens with zero attached hydrogens (tertiary/aromatic N) is 2. The van der Waals surface area contributed by atoms with E-state index >= 15 is 0 Å². The number of amides is 1. The average Bonchev–Trinajstić information content (AvgIpc) is 2.35. The van der Waals surface area contributed by atoms with E-state index in [0.29, 0.717) is 24.2 Å². The van der Waals surface area contributed by atoms with Gasteiger partial charge in [0.1, 0.15) is 0 Å². The van der Waals surface area contributed by atoms with Crippen molar-refractivity contribution in [3.8, 4) is 0 Å². The van der Waals surface area contributed by atoms with Gasteiger partial charge in [-0.05, 0) is 11.8 Å². The van der Waals surface area contributed by atoms with Gasteiger partial charge in [-0.3, -0.25) is 4.79 Å². The van der Waals surface area contributed by atoms with Gasteiger partial charge in [0.05, 0.1) is 0 Å². The number of rotatable bonds is 7. The lowest BCUT2D eigenvalue weighted by Crippen LogP contribution is -2.47. The second-order valence-electron chi connectivity index (χ2n) is 6.43. The van der Waals surface area contributed by atoms with Gasteiger partial charge in [0.15, 0.2) is 0 Å². The van der Waals surface area contributed by atoms with E-state index in [2.05, 4.69) is 37.9 Å². The molecule has 20 heavy (non-hydrogen) atoms. The second-order valence-corrected chi connectivity index (χ2v) is 6.43. The fraction of sp³-hybridized carbons (Fsp3) is 0.933. The summed E-state index contributed by atoms with van der Waals surface area (Å²) < 4.78 is 0. The largest absolute Gasteiger partial charge is 0.340 e. The predicted molar refractivity (Wildman–Crippen MR) is 87.4 cm³/mol. The van der Waals surface area contributed by atoms with Crippen molar-refractivity contribution in [3.63, 3.8) is 0 Å². The SMILES string of the molecule is CC(C)CN(CCC(=O)N1CCNCC1)CC(C)C.Cl. The molecule has 0 saturated carbocycles. The Kier molecular flexibility index (Phi) is 10.2. The highest BCUT2D eigenvalue weighted by atomic mass is 35.5. The summed E-state index contributed by atoms with van der Waals surface area (Å²) in [5, 5.41) is 3.28. The molecule has 0 aromatic rings. The third-order valence-electron chi connectivity index (χ3n) is 3.36. The van der Waals surface area contributed by atoms with Crippen molar-refractivity contribution in [1.82, 2.24) is 15.1 Å². The van der Waals surface area contributed by atoms with Crippen LogP contribution in [0.3, 0.4) is 0 Å². The van der Waals surface area contributed by atoms with E-state index in [9.17, 15) is 4.79 Å². The molecule has 0 radical (unpaired) electrons. The Morgan fingerprint density at radius 1 is 1.10 bits per heavy atom. The van der Waals surface area contributed by atoms with E-state index in [-0.39, 0.29) is 12.4 Å². The summed E-state index contributed by atoms with van der Waals surface area (Å²) in [6, 6.07) is 0. The third kappa shape index (κ3) is 8.08. The summed E-state index contributed by atoms with van der Waals surface area (Å²) in [5.41, 5.74) is 0. The highest BCUT2D eigenvalue weighted by Gasteiger charge is 2.17. The molecule has 0 aromatic carbocycles. The maximum atomic E-state index is 12.1. The zero-order valence-corrected chi connectivity index (χ0v) is 14.3. The van der Waals surface area contributed by atoms with E-state index in [1.165, 1.54) is 0 Å². The van der Waals surface area contributed by atoms with Gasteiger partial charge in [-0.15, -0.1) is 12.4 Å². The standard InChI is InChI=1S/C15H31N3O.ClH/c1-13(2)11-17(12-14(3)4)8-5-15(19)18-9-6-16-7-10-18;/h13-14,16H,5-12H2,1-4H3;1H. The molecule has 120 valence electrons. The van der Waals surface area contributed by atoms with Crippen LogP contribution < -0.4 is 5.32 Å². The molecular formula is C15H32ClN3O. The minimum Gasteiger partial charge on any atom is -0.340 e. The Bertz CT molecular complexity index is 256. The van der Waals surface area contributed by atoms with Gasteiger partial charge < -0.3 is 15.1 Å². The van der Waals surface area contributed by atoms with Crippen LogP contribution >= 0.6 is 12.4 Å². The molecule has 1 rings (SSSR count). The number of carbonyl (C=O) groups is 1. The fourth-order valence-electron chi connectivity index (χ4n) is 2.62. The molecule has 1 aliphatic heterocycles. The van der Waals surface area contributed by atoms with Crippen LogP contribution in [0.25, 0.3) is 0 Å². The van der Waals surface area contributed by atoms with Crippen LogP contribution in [0.1, 0.15) is 34.1 Å². The molecule has 0 spiro atoms. The lowest BCUT2D eigenvalue weighted by molar-refractivity contribution is -0.132. The van der Waals surface area contributed by atoms with Crippen LogP contribution in [0.15, 0.2) is 0 Å². The first-order valence-electron chi connectivity index (χ1n) is 7.70. The maximum Gasteiger partial charge on any atom is 0.223 e. The van der Waals surface area contributed by atoms with Crippen LogP contribution in [0.4, 0.5) is 0 Å². The molecule has 1 saturated heterocycles. The summed E-state index contributed by atoms with van der Waals surface area (Å²) in [6.07, 6.45) is 0.666. The molecule has 0 atom stereocenters. The van der Waals surface area contributed by atoms with Crippen molar-refractivity contribution in [2.75, 3.05) is 45.8 Å². The summed E-state index contributed by atoms with van der Waals surface area (Å²) in [4.78, 5) is 16.6. The fourth-order valence-corrected chi connectivity index (χ4v) is 2.62. The Balaban J connectivity index is 0.00000361. The molecule has 0 aliphatic carbocycles. The van der Waals surface area contributed by atoms with Gasteiger partial charge in [0.25, 0.3) is 0 Å². The molecule has 5 heteroatoms. The van der Waals surface area contributed by atoms with E-state index in [1.54, 1.807) is 0 Å². The van der Waals surface area contributed by atoms with Gasteiger partial charge in [-0.1, -0.05) is 27.7 Å². The van der Waals surface area contributed by atoms with Gasteiger partial charge in [-0.25, -0.2) is 0 Å². The van der Waals surface area contributed by atoms with E-state index < -0.39 is 0 Å². The van der Waals surface area contributed by atoms with Gasteiger partial charge in [0, 0.05) is 52.2 Å². The summed E-state index contributed by atoms with van der Waals surface area (Å²) in [7, 11) is 0. The second kappa shape index (κ2) is 10.4. The lowest BCUT2D eigenvalue weighted by Gasteiger charge is -2.30. The average molecular weight is 306 g/mol.